The molecule has 1 amide bonds. The fourth-order valence-corrected chi connectivity index (χ4v) is 4.10. The number of carbonyl (C=O) groups excluding carboxylic acids is 1. The number of fused-ring (bicyclic) bond motifs is 1. The van der Waals surface area contributed by atoms with Crippen molar-refractivity contribution >= 4 is 11.9 Å². The highest BCUT2D eigenvalue weighted by molar-refractivity contribution is 5.96. The highest BCUT2D eigenvalue weighted by atomic mass is 16.4. The molecule has 4 rings (SSSR count). The van der Waals surface area contributed by atoms with E-state index in [0.717, 1.165) is 28.7 Å². The highest BCUT2D eigenvalue weighted by Crippen LogP contribution is 2.32. The molecule has 29 heavy (non-hydrogen) atoms. The van der Waals surface area contributed by atoms with Crippen LogP contribution in [0.5, 0.6) is 0 Å². The van der Waals surface area contributed by atoms with Gasteiger partial charge >= 0.3 is 5.97 Å². The molecule has 3 aromatic rings. The molecule has 0 saturated heterocycles. The van der Waals surface area contributed by atoms with Crippen LogP contribution in [0.2, 0.25) is 0 Å². The van der Waals surface area contributed by atoms with Crippen LogP contribution in [0.25, 0.3) is 11.1 Å². The fraction of sp³-hybridized carbons (Fsp3) is 0.200. The Hall–Kier alpha value is -3.40. The Morgan fingerprint density at radius 1 is 0.931 bits per heavy atom. The number of carbonyl (C=O) groups is 2. The maximum absolute atomic E-state index is 13.2. The van der Waals surface area contributed by atoms with Gasteiger partial charge in [0.05, 0.1) is 11.5 Å². The number of nitrogens with zero attached hydrogens (tertiary/aromatic N) is 1. The van der Waals surface area contributed by atoms with Gasteiger partial charge in [-0.05, 0) is 46.4 Å². The van der Waals surface area contributed by atoms with Gasteiger partial charge < -0.3 is 10.0 Å². The van der Waals surface area contributed by atoms with Crippen LogP contribution in [0.15, 0.2) is 72.8 Å². The largest absolute Gasteiger partial charge is 0.478 e. The van der Waals surface area contributed by atoms with E-state index in [9.17, 15) is 14.7 Å². The minimum absolute atomic E-state index is 0.141. The van der Waals surface area contributed by atoms with Crippen LogP contribution in [0.4, 0.5) is 0 Å². The number of aromatic carboxylic acids is 1. The fourth-order valence-electron chi connectivity index (χ4n) is 4.10. The van der Waals surface area contributed by atoms with Crippen LogP contribution >= 0.6 is 0 Å². The quantitative estimate of drug-likeness (QED) is 0.666. The Bertz CT molecular complexity index is 1060. The number of carboxylic acids is 1. The third kappa shape index (κ3) is 3.66. The first-order chi connectivity index (χ1) is 14.1. The van der Waals surface area contributed by atoms with Crippen molar-refractivity contribution in [2.75, 3.05) is 0 Å². The summed E-state index contributed by atoms with van der Waals surface area (Å²) in [5, 5.41) is 9.48. The molecule has 4 nitrogen and oxygen atoms in total. The summed E-state index contributed by atoms with van der Waals surface area (Å²) in [5.74, 6) is -0.938. The number of benzene rings is 3. The molecule has 0 unspecified atom stereocenters. The highest BCUT2D eigenvalue weighted by Gasteiger charge is 2.29. The van der Waals surface area contributed by atoms with Gasteiger partial charge in [0.1, 0.15) is 0 Å². The Labute approximate surface area is 170 Å². The van der Waals surface area contributed by atoms with Crippen molar-refractivity contribution in [1.29, 1.82) is 0 Å². The number of hydrogen-bond donors (Lipinski definition) is 1. The molecule has 0 spiro atoms. The molecule has 1 N–H and O–H groups in total. The van der Waals surface area contributed by atoms with E-state index < -0.39 is 5.97 Å². The molecule has 0 fully saturated rings. The number of hydrogen-bond acceptors (Lipinski definition) is 2. The minimum atomic E-state index is -0.938. The summed E-state index contributed by atoms with van der Waals surface area (Å²) in [7, 11) is 0. The maximum Gasteiger partial charge on any atom is 0.336 e. The zero-order valence-electron chi connectivity index (χ0n) is 16.3. The molecule has 0 aliphatic carbocycles. The molecule has 0 bridgehead atoms. The number of amides is 1. The zero-order valence-corrected chi connectivity index (χ0v) is 16.3. The average Bonchev–Trinajstić information content (AvgIpc) is 3.18. The van der Waals surface area contributed by atoms with Gasteiger partial charge in [-0.2, -0.15) is 0 Å². The molecule has 0 radical (unpaired) electrons. The number of carboxylic acid groups (broad SMARTS) is 1. The molecule has 3 aromatic carbocycles. The molecular weight excluding hydrogens is 362 g/mol. The van der Waals surface area contributed by atoms with E-state index in [4.69, 9.17) is 0 Å². The van der Waals surface area contributed by atoms with Crippen LogP contribution in [0.1, 0.15) is 46.3 Å². The third-order valence-corrected chi connectivity index (χ3v) is 5.62. The second-order valence-electron chi connectivity index (χ2n) is 7.40. The Morgan fingerprint density at radius 2 is 1.62 bits per heavy atom. The summed E-state index contributed by atoms with van der Waals surface area (Å²) in [5.41, 5.74) is 5.10. The van der Waals surface area contributed by atoms with E-state index in [1.807, 2.05) is 72.5 Å². The van der Waals surface area contributed by atoms with Crippen molar-refractivity contribution in [2.45, 2.75) is 32.4 Å². The monoisotopic (exact) mass is 385 g/mol. The maximum atomic E-state index is 13.2. The predicted octanol–water partition coefficient (Wildman–Crippen LogP) is 5.09. The first-order valence-corrected chi connectivity index (χ1v) is 9.86. The SMILES string of the molecule is CC[C@H](C(=O)N1Cc2ccc(-c3ccccc3C(=O)O)cc2C1)c1ccccc1. The van der Waals surface area contributed by atoms with Gasteiger partial charge in [-0.25, -0.2) is 4.79 Å². The third-order valence-electron chi connectivity index (χ3n) is 5.62. The van der Waals surface area contributed by atoms with Crippen molar-refractivity contribution in [3.8, 4) is 11.1 Å². The molecule has 146 valence electrons. The van der Waals surface area contributed by atoms with Gasteiger partial charge in [-0.15, -0.1) is 0 Å². The van der Waals surface area contributed by atoms with Gasteiger partial charge in [0, 0.05) is 13.1 Å². The summed E-state index contributed by atoms with van der Waals surface area (Å²) < 4.78 is 0. The molecule has 1 atom stereocenters. The summed E-state index contributed by atoms with van der Waals surface area (Å²) >= 11 is 0. The van der Waals surface area contributed by atoms with E-state index in [1.54, 1.807) is 12.1 Å². The molecule has 4 heteroatoms. The minimum Gasteiger partial charge on any atom is -0.478 e. The van der Waals surface area contributed by atoms with Crippen LogP contribution < -0.4 is 0 Å². The van der Waals surface area contributed by atoms with Gasteiger partial charge in [0.15, 0.2) is 0 Å². The summed E-state index contributed by atoms with van der Waals surface area (Å²) in [6.07, 6.45) is 0.757. The molecule has 1 heterocycles. The van der Waals surface area contributed by atoms with E-state index in [2.05, 4.69) is 0 Å². The van der Waals surface area contributed by atoms with E-state index in [1.165, 1.54) is 0 Å². The van der Waals surface area contributed by atoms with Crippen molar-refractivity contribution < 1.29 is 14.7 Å². The lowest BCUT2D eigenvalue weighted by Crippen LogP contribution is -2.30. The lowest BCUT2D eigenvalue weighted by Gasteiger charge is -2.22. The van der Waals surface area contributed by atoms with Crippen LogP contribution in [0, 0.1) is 0 Å². The first-order valence-electron chi connectivity index (χ1n) is 9.86. The van der Waals surface area contributed by atoms with Gasteiger partial charge in [0.2, 0.25) is 5.91 Å². The Morgan fingerprint density at radius 3 is 2.34 bits per heavy atom. The van der Waals surface area contributed by atoms with E-state index >= 15 is 0 Å². The zero-order chi connectivity index (χ0) is 20.4. The normalized spacial score (nSPS) is 13.8. The van der Waals surface area contributed by atoms with Crippen molar-refractivity contribution in [3.05, 3.63) is 95.1 Å². The van der Waals surface area contributed by atoms with Gasteiger partial charge in [-0.3, -0.25) is 4.79 Å². The van der Waals surface area contributed by atoms with Crippen LogP contribution in [-0.2, 0) is 17.9 Å². The number of rotatable bonds is 5. The standard InChI is InChI=1S/C25H23NO3/c1-2-21(17-8-4-3-5-9-17)24(27)26-15-19-13-12-18(14-20(19)16-26)22-10-6-7-11-23(22)25(28)29/h3-14,21H,2,15-16H2,1H3,(H,28,29)/t21-/m0/s1. The first kappa shape index (κ1) is 18.9. The lowest BCUT2D eigenvalue weighted by molar-refractivity contribution is -0.133. The molecule has 1 aliphatic rings. The van der Waals surface area contributed by atoms with Crippen LogP contribution in [-0.4, -0.2) is 21.9 Å². The van der Waals surface area contributed by atoms with Crippen molar-refractivity contribution in [2.24, 2.45) is 0 Å². The Kier molecular flexibility index (Phi) is 5.17. The summed E-state index contributed by atoms with van der Waals surface area (Å²) in [4.78, 5) is 26.7. The smallest absolute Gasteiger partial charge is 0.336 e. The molecular formula is C25H23NO3. The summed E-state index contributed by atoms with van der Waals surface area (Å²) in [6.45, 7) is 3.19. The van der Waals surface area contributed by atoms with Crippen LogP contribution in [0.3, 0.4) is 0 Å². The lowest BCUT2D eigenvalue weighted by atomic mass is 9.95. The van der Waals surface area contributed by atoms with Crippen molar-refractivity contribution in [3.63, 3.8) is 0 Å². The van der Waals surface area contributed by atoms with Crippen molar-refractivity contribution in [1.82, 2.24) is 4.90 Å². The second-order valence-corrected chi connectivity index (χ2v) is 7.40. The molecule has 0 saturated carbocycles. The predicted molar refractivity (Wildman–Crippen MR) is 113 cm³/mol. The molecule has 1 aliphatic heterocycles. The average molecular weight is 385 g/mol. The molecule has 0 aromatic heterocycles. The van der Waals surface area contributed by atoms with Gasteiger partial charge in [0.25, 0.3) is 0 Å². The summed E-state index contributed by atoms with van der Waals surface area (Å²) in [6, 6.07) is 22.9. The topological polar surface area (TPSA) is 57.6 Å². The van der Waals surface area contributed by atoms with E-state index in [0.29, 0.717) is 18.7 Å². The second kappa shape index (κ2) is 7.92. The van der Waals surface area contributed by atoms with E-state index in [-0.39, 0.29) is 17.4 Å². The van der Waals surface area contributed by atoms with Gasteiger partial charge in [-0.1, -0.05) is 67.6 Å². The Balaban J connectivity index is 1.59.